The van der Waals surface area contributed by atoms with Gasteiger partial charge in [0.25, 0.3) is 0 Å². The van der Waals surface area contributed by atoms with Crippen LogP contribution in [0.15, 0.2) is 24.3 Å². The Bertz CT molecular complexity index is 628. The number of sulfonamides is 1. The van der Waals surface area contributed by atoms with E-state index in [0.29, 0.717) is 19.6 Å². The van der Waals surface area contributed by atoms with E-state index in [1.807, 2.05) is 25.1 Å². The third-order valence-electron chi connectivity index (χ3n) is 4.02. The van der Waals surface area contributed by atoms with Gasteiger partial charge in [-0.1, -0.05) is 29.8 Å². The predicted molar refractivity (Wildman–Crippen MR) is 87.0 cm³/mol. The maximum Gasteiger partial charge on any atom is 0.224 e. The molecule has 1 heterocycles. The summed E-state index contributed by atoms with van der Waals surface area (Å²) in [4.78, 5) is 12.2. The van der Waals surface area contributed by atoms with Gasteiger partial charge in [0.15, 0.2) is 0 Å². The summed E-state index contributed by atoms with van der Waals surface area (Å²) in [6.45, 7) is 3.45. The minimum Gasteiger partial charge on any atom is -0.355 e. The first-order valence-electron chi connectivity index (χ1n) is 7.64. The number of nitrogens with zero attached hydrogens (tertiary/aromatic N) is 1. The molecule has 1 fully saturated rings. The summed E-state index contributed by atoms with van der Waals surface area (Å²) in [5.41, 5.74) is 2.40. The molecule has 0 spiro atoms. The number of piperidine rings is 1. The third-order valence-corrected chi connectivity index (χ3v) is 5.29. The fourth-order valence-corrected chi connectivity index (χ4v) is 3.71. The van der Waals surface area contributed by atoms with Gasteiger partial charge in [-0.15, -0.1) is 0 Å². The van der Waals surface area contributed by atoms with Crippen molar-refractivity contribution < 1.29 is 13.2 Å². The number of carbonyl (C=O) groups is 1. The maximum absolute atomic E-state index is 12.2. The van der Waals surface area contributed by atoms with Gasteiger partial charge < -0.3 is 5.32 Å². The Balaban J connectivity index is 1.82. The Labute approximate surface area is 132 Å². The molecule has 1 aliphatic rings. The van der Waals surface area contributed by atoms with Crippen LogP contribution in [0, 0.1) is 12.8 Å². The normalized spacial score (nSPS) is 19.8. The summed E-state index contributed by atoms with van der Waals surface area (Å²) in [6.07, 6.45) is 3.48. The van der Waals surface area contributed by atoms with E-state index in [2.05, 4.69) is 11.4 Å². The minimum atomic E-state index is -3.21. The average Bonchev–Trinajstić information content (AvgIpc) is 2.46. The minimum absolute atomic E-state index is 0.0407. The van der Waals surface area contributed by atoms with Crippen LogP contribution < -0.4 is 5.32 Å². The first-order valence-corrected chi connectivity index (χ1v) is 9.49. The molecule has 0 saturated carbocycles. The van der Waals surface area contributed by atoms with Crippen molar-refractivity contribution in [2.75, 3.05) is 25.9 Å². The fraction of sp³-hybridized carbons (Fsp3) is 0.562. The lowest BCUT2D eigenvalue weighted by Crippen LogP contribution is -2.45. The molecule has 1 aliphatic heterocycles. The molecule has 0 bridgehead atoms. The first kappa shape index (κ1) is 17.0. The molecule has 122 valence electrons. The standard InChI is InChI=1S/C16H24N2O3S/c1-13-5-3-6-14(11-13)8-9-17-16(19)15-7-4-10-18(12-15)22(2,20)21/h3,5-6,11,15H,4,7-10,12H2,1-2H3,(H,17,19)/t15-/m1/s1. The van der Waals surface area contributed by atoms with Gasteiger partial charge in [0.05, 0.1) is 12.2 Å². The summed E-state index contributed by atoms with van der Waals surface area (Å²) in [5, 5.41) is 2.93. The van der Waals surface area contributed by atoms with Crippen LogP contribution in [0.25, 0.3) is 0 Å². The number of carbonyl (C=O) groups excluding carboxylic acids is 1. The lowest BCUT2D eigenvalue weighted by molar-refractivity contribution is -0.126. The molecule has 1 N–H and O–H groups in total. The third kappa shape index (κ3) is 4.81. The molecule has 0 aliphatic carbocycles. The number of amides is 1. The van der Waals surface area contributed by atoms with E-state index in [-0.39, 0.29) is 11.8 Å². The molecule has 6 heteroatoms. The van der Waals surface area contributed by atoms with Crippen LogP contribution in [-0.4, -0.2) is 44.5 Å². The Hall–Kier alpha value is -1.40. The Morgan fingerprint density at radius 2 is 2.18 bits per heavy atom. The van der Waals surface area contributed by atoms with E-state index in [1.54, 1.807) is 0 Å². The highest BCUT2D eigenvalue weighted by atomic mass is 32.2. The van der Waals surface area contributed by atoms with Crippen LogP contribution in [0.3, 0.4) is 0 Å². The second kappa shape index (κ2) is 7.24. The number of hydrogen-bond acceptors (Lipinski definition) is 3. The SMILES string of the molecule is Cc1cccc(CCNC(=O)[C@@H]2CCCN(S(C)(=O)=O)C2)c1. The molecule has 0 unspecified atom stereocenters. The lowest BCUT2D eigenvalue weighted by atomic mass is 9.98. The first-order chi connectivity index (χ1) is 10.4. The van der Waals surface area contributed by atoms with E-state index < -0.39 is 10.0 Å². The topological polar surface area (TPSA) is 66.5 Å². The van der Waals surface area contributed by atoms with Gasteiger partial charge in [-0.25, -0.2) is 12.7 Å². The molecular formula is C16H24N2O3S. The predicted octanol–water partition coefficient (Wildman–Crippen LogP) is 1.33. The van der Waals surface area contributed by atoms with Crippen molar-refractivity contribution in [3.63, 3.8) is 0 Å². The summed E-state index contributed by atoms with van der Waals surface area (Å²) < 4.78 is 24.6. The largest absolute Gasteiger partial charge is 0.355 e. The quantitative estimate of drug-likeness (QED) is 0.888. The van der Waals surface area contributed by atoms with E-state index in [0.717, 1.165) is 19.3 Å². The fourth-order valence-electron chi connectivity index (χ4n) is 2.80. The molecule has 2 rings (SSSR count). The van der Waals surface area contributed by atoms with Crippen LogP contribution >= 0.6 is 0 Å². The second-order valence-corrected chi connectivity index (χ2v) is 7.97. The van der Waals surface area contributed by atoms with E-state index in [4.69, 9.17) is 0 Å². The summed E-state index contributed by atoms with van der Waals surface area (Å²) >= 11 is 0. The Morgan fingerprint density at radius 1 is 1.41 bits per heavy atom. The molecule has 1 amide bonds. The van der Waals surface area contributed by atoms with Gasteiger partial charge >= 0.3 is 0 Å². The van der Waals surface area contributed by atoms with E-state index >= 15 is 0 Å². The molecule has 0 aromatic heterocycles. The number of rotatable bonds is 5. The highest BCUT2D eigenvalue weighted by Gasteiger charge is 2.29. The number of aryl methyl sites for hydroxylation is 1. The van der Waals surface area contributed by atoms with Crippen molar-refractivity contribution in [3.8, 4) is 0 Å². The monoisotopic (exact) mass is 324 g/mol. The highest BCUT2D eigenvalue weighted by molar-refractivity contribution is 7.88. The van der Waals surface area contributed by atoms with Gasteiger partial charge in [0, 0.05) is 19.6 Å². The van der Waals surface area contributed by atoms with Crippen molar-refractivity contribution in [2.45, 2.75) is 26.2 Å². The van der Waals surface area contributed by atoms with Crippen LogP contribution in [0.4, 0.5) is 0 Å². The Morgan fingerprint density at radius 3 is 2.86 bits per heavy atom. The van der Waals surface area contributed by atoms with Crippen LogP contribution in [0.2, 0.25) is 0 Å². The van der Waals surface area contributed by atoms with E-state index in [9.17, 15) is 13.2 Å². The van der Waals surface area contributed by atoms with Crippen molar-refractivity contribution in [1.29, 1.82) is 0 Å². The smallest absolute Gasteiger partial charge is 0.224 e. The molecule has 1 saturated heterocycles. The van der Waals surface area contributed by atoms with Gasteiger partial charge in [0.1, 0.15) is 0 Å². The Kier molecular flexibility index (Phi) is 5.58. The van der Waals surface area contributed by atoms with Crippen molar-refractivity contribution in [2.24, 2.45) is 5.92 Å². The van der Waals surface area contributed by atoms with Crippen LogP contribution in [0.1, 0.15) is 24.0 Å². The number of hydrogen-bond donors (Lipinski definition) is 1. The molecule has 0 radical (unpaired) electrons. The van der Waals surface area contributed by atoms with Gasteiger partial charge in [0.2, 0.25) is 15.9 Å². The van der Waals surface area contributed by atoms with Crippen molar-refractivity contribution in [3.05, 3.63) is 35.4 Å². The molecule has 1 aromatic rings. The zero-order valence-corrected chi connectivity index (χ0v) is 14.0. The van der Waals surface area contributed by atoms with E-state index in [1.165, 1.54) is 21.7 Å². The lowest BCUT2D eigenvalue weighted by Gasteiger charge is -2.30. The molecule has 5 nitrogen and oxygen atoms in total. The average molecular weight is 324 g/mol. The zero-order chi connectivity index (χ0) is 16.2. The van der Waals surface area contributed by atoms with Crippen molar-refractivity contribution >= 4 is 15.9 Å². The van der Waals surface area contributed by atoms with Crippen LogP contribution in [-0.2, 0) is 21.2 Å². The molecule has 1 aromatic carbocycles. The number of benzene rings is 1. The zero-order valence-electron chi connectivity index (χ0n) is 13.2. The van der Waals surface area contributed by atoms with Crippen LogP contribution in [0.5, 0.6) is 0 Å². The molecule has 22 heavy (non-hydrogen) atoms. The van der Waals surface area contributed by atoms with Gasteiger partial charge in [-0.05, 0) is 31.7 Å². The highest BCUT2D eigenvalue weighted by Crippen LogP contribution is 2.18. The van der Waals surface area contributed by atoms with Gasteiger partial charge in [-0.2, -0.15) is 0 Å². The van der Waals surface area contributed by atoms with Gasteiger partial charge in [-0.3, -0.25) is 4.79 Å². The maximum atomic E-state index is 12.2. The molecule has 1 atom stereocenters. The number of nitrogens with one attached hydrogen (secondary N) is 1. The second-order valence-electron chi connectivity index (χ2n) is 5.99. The summed E-state index contributed by atoms with van der Waals surface area (Å²) in [6, 6.07) is 8.21. The molecular weight excluding hydrogens is 300 g/mol. The summed E-state index contributed by atoms with van der Waals surface area (Å²) in [7, 11) is -3.21. The van der Waals surface area contributed by atoms with Crippen molar-refractivity contribution in [1.82, 2.24) is 9.62 Å². The summed E-state index contributed by atoms with van der Waals surface area (Å²) in [5.74, 6) is -0.276.